The molecule has 10 nitrogen and oxygen atoms in total. The fraction of sp³-hybridized carbons (Fsp3) is 0.522. The van der Waals surface area contributed by atoms with Crippen LogP contribution in [0.25, 0.3) is 0 Å². The van der Waals surface area contributed by atoms with Crippen LogP contribution in [0.5, 0.6) is 0 Å². The molecule has 4 amide bonds. The molecule has 1 aromatic rings. The highest BCUT2D eigenvalue weighted by atomic mass is 19.4. The number of ether oxygens (including phenoxy) is 1. The van der Waals surface area contributed by atoms with Crippen molar-refractivity contribution in [2.45, 2.75) is 51.6 Å². The number of piperidine rings is 1. The number of carbonyl (C=O) groups excluding carboxylic acids is 5. The number of hydrogen-bond acceptors (Lipinski definition) is 6. The molecule has 2 unspecified atom stereocenters. The quantitative estimate of drug-likeness (QED) is 0.309. The lowest BCUT2D eigenvalue weighted by Crippen LogP contribution is -2.55. The summed E-state index contributed by atoms with van der Waals surface area (Å²) < 4.78 is 55.0. The largest absolute Gasteiger partial charge is 0.522 e. The number of carbonyl (C=O) groups is 5. The fourth-order valence-corrected chi connectivity index (χ4v) is 3.87. The SMILES string of the molecule is CC(C)N(C(=O)CNC(=O)C(=O)Nc1ccccc1F)C(CC1CCCNC1=O)C(=O)COC(F)(F)F. The summed E-state index contributed by atoms with van der Waals surface area (Å²) in [4.78, 5) is 63.2. The van der Waals surface area contributed by atoms with Gasteiger partial charge < -0.3 is 20.9 Å². The Kier molecular flexibility index (Phi) is 10.5. The van der Waals surface area contributed by atoms with Gasteiger partial charge in [-0.05, 0) is 45.2 Å². The zero-order valence-corrected chi connectivity index (χ0v) is 20.2. The second-order valence-corrected chi connectivity index (χ2v) is 8.59. The molecule has 1 aliphatic heterocycles. The van der Waals surface area contributed by atoms with Gasteiger partial charge in [-0.2, -0.15) is 0 Å². The number of nitrogens with zero attached hydrogens (tertiary/aromatic N) is 1. The van der Waals surface area contributed by atoms with Crippen LogP contribution < -0.4 is 16.0 Å². The first-order chi connectivity index (χ1) is 17.3. The molecule has 0 saturated carbocycles. The second-order valence-electron chi connectivity index (χ2n) is 8.59. The van der Waals surface area contributed by atoms with Crippen LogP contribution in [-0.4, -0.2) is 72.5 Å². The number of para-hydroxylation sites is 1. The Morgan fingerprint density at radius 2 is 1.84 bits per heavy atom. The number of rotatable bonds is 10. The monoisotopic (exact) mass is 532 g/mol. The zero-order chi connectivity index (χ0) is 27.8. The van der Waals surface area contributed by atoms with Crippen molar-refractivity contribution in [3.8, 4) is 0 Å². The van der Waals surface area contributed by atoms with Gasteiger partial charge in [-0.25, -0.2) is 4.39 Å². The lowest BCUT2D eigenvalue weighted by Gasteiger charge is -2.36. The summed E-state index contributed by atoms with van der Waals surface area (Å²) in [6, 6.07) is 2.87. The average Bonchev–Trinajstić information content (AvgIpc) is 2.82. The van der Waals surface area contributed by atoms with Gasteiger partial charge in [0, 0.05) is 18.5 Å². The summed E-state index contributed by atoms with van der Waals surface area (Å²) in [5.41, 5.74) is -0.265. The smallest absolute Gasteiger partial charge is 0.356 e. The van der Waals surface area contributed by atoms with E-state index in [1.54, 1.807) is 0 Å². The molecule has 0 spiro atoms. The molecule has 204 valence electrons. The molecular weight excluding hydrogens is 504 g/mol. The van der Waals surface area contributed by atoms with E-state index in [-0.39, 0.29) is 12.1 Å². The molecule has 0 aromatic heterocycles. The van der Waals surface area contributed by atoms with Crippen molar-refractivity contribution in [2.24, 2.45) is 5.92 Å². The minimum absolute atomic E-state index is 0.252. The summed E-state index contributed by atoms with van der Waals surface area (Å²) in [6.45, 7) is 1.24. The molecule has 37 heavy (non-hydrogen) atoms. The number of nitrogens with one attached hydrogen (secondary N) is 3. The van der Waals surface area contributed by atoms with Crippen LogP contribution in [0.15, 0.2) is 24.3 Å². The van der Waals surface area contributed by atoms with Crippen molar-refractivity contribution in [2.75, 3.05) is 25.0 Å². The number of Topliss-reactive ketones (excluding diaryl/α,β-unsaturated/α-hetero) is 1. The highest BCUT2D eigenvalue weighted by Crippen LogP contribution is 2.24. The van der Waals surface area contributed by atoms with E-state index < -0.39 is 72.7 Å². The Bertz CT molecular complexity index is 1020. The van der Waals surface area contributed by atoms with Gasteiger partial charge in [0.2, 0.25) is 11.8 Å². The third-order valence-corrected chi connectivity index (χ3v) is 5.57. The predicted octanol–water partition coefficient (Wildman–Crippen LogP) is 1.51. The Morgan fingerprint density at radius 1 is 1.16 bits per heavy atom. The molecule has 1 heterocycles. The van der Waals surface area contributed by atoms with Crippen molar-refractivity contribution in [3.63, 3.8) is 0 Å². The lowest BCUT2D eigenvalue weighted by atomic mass is 9.89. The van der Waals surface area contributed by atoms with Gasteiger partial charge in [-0.3, -0.25) is 28.7 Å². The number of benzene rings is 1. The van der Waals surface area contributed by atoms with Gasteiger partial charge >= 0.3 is 18.2 Å². The first kappa shape index (κ1) is 29.7. The molecular formula is C23H28F4N4O6. The molecule has 3 N–H and O–H groups in total. The summed E-state index contributed by atoms with van der Waals surface area (Å²) in [6.07, 6.45) is -4.39. The number of hydrogen-bond donors (Lipinski definition) is 3. The Hall–Kier alpha value is -3.55. The van der Waals surface area contributed by atoms with Crippen LogP contribution in [0.2, 0.25) is 0 Å². The van der Waals surface area contributed by atoms with Crippen molar-refractivity contribution in [1.82, 2.24) is 15.5 Å². The van der Waals surface area contributed by atoms with Crippen LogP contribution in [0.3, 0.4) is 0 Å². The minimum Gasteiger partial charge on any atom is -0.356 e. The van der Waals surface area contributed by atoms with E-state index in [0.717, 1.165) is 11.0 Å². The molecule has 14 heteroatoms. The summed E-state index contributed by atoms with van der Waals surface area (Å²) >= 11 is 0. The predicted molar refractivity (Wildman–Crippen MR) is 121 cm³/mol. The topological polar surface area (TPSA) is 134 Å². The number of alkyl halides is 3. The summed E-state index contributed by atoms with van der Waals surface area (Å²) in [5.74, 6) is -6.43. The molecule has 0 radical (unpaired) electrons. The van der Waals surface area contributed by atoms with Crippen LogP contribution in [-0.2, 0) is 28.7 Å². The molecule has 0 aliphatic carbocycles. The van der Waals surface area contributed by atoms with E-state index in [1.165, 1.54) is 32.0 Å². The van der Waals surface area contributed by atoms with Gasteiger partial charge in [0.05, 0.1) is 18.3 Å². The molecule has 1 fully saturated rings. The Morgan fingerprint density at radius 3 is 2.43 bits per heavy atom. The minimum atomic E-state index is -5.09. The second kappa shape index (κ2) is 13.1. The van der Waals surface area contributed by atoms with E-state index in [9.17, 15) is 41.5 Å². The number of halogens is 4. The zero-order valence-electron chi connectivity index (χ0n) is 20.2. The summed E-state index contributed by atoms with van der Waals surface area (Å²) in [7, 11) is 0. The third-order valence-electron chi connectivity index (χ3n) is 5.57. The van der Waals surface area contributed by atoms with Crippen molar-refractivity contribution in [1.29, 1.82) is 0 Å². The van der Waals surface area contributed by atoms with Crippen LogP contribution in [0, 0.1) is 11.7 Å². The molecule has 1 saturated heterocycles. The van der Waals surface area contributed by atoms with Crippen LogP contribution in [0.4, 0.5) is 23.2 Å². The number of anilines is 1. The van der Waals surface area contributed by atoms with E-state index in [4.69, 9.17) is 0 Å². The lowest BCUT2D eigenvalue weighted by molar-refractivity contribution is -0.321. The van der Waals surface area contributed by atoms with Gasteiger partial charge in [0.25, 0.3) is 0 Å². The maximum absolute atomic E-state index is 13.7. The molecule has 2 rings (SSSR count). The van der Waals surface area contributed by atoms with E-state index in [1.807, 2.05) is 5.32 Å². The van der Waals surface area contributed by atoms with Gasteiger partial charge in [0.15, 0.2) is 5.78 Å². The fourth-order valence-electron chi connectivity index (χ4n) is 3.87. The third kappa shape index (κ3) is 9.12. The summed E-state index contributed by atoms with van der Waals surface area (Å²) in [5, 5.41) is 6.71. The molecule has 2 atom stereocenters. The Balaban J connectivity index is 2.14. The highest BCUT2D eigenvalue weighted by Gasteiger charge is 2.38. The first-order valence-corrected chi connectivity index (χ1v) is 11.5. The van der Waals surface area contributed by atoms with Gasteiger partial charge in [0.1, 0.15) is 12.4 Å². The van der Waals surface area contributed by atoms with Gasteiger partial charge in [-0.15, -0.1) is 13.2 Å². The van der Waals surface area contributed by atoms with Crippen molar-refractivity contribution in [3.05, 3.63) is 30.1 Å². The highest BCUT2D eigenvalue weighted by molar-refractivity contribution is 6.39. The molecule has 1 aromatic carbocycles. The maximum atomic E-state index is 13.7. The first-order valence-electron chi connectivity index (χ1n) is 11.5. The molecule has 0 bridgehead atoms. The normalized spacial score (nSPS) is 16.5. The average molecular weight is 532 g/mol. The standard InChI is InChI=1S/C23H28F4N4O6/c1-13(2)31(19(33)11-29-21(35)22(36)30-16-8-4-3-7-15(16)24)17(18(32)12-37-23(25,26)27)10-14-6-5-9-28-20(14)34/h3-4,7-8,13-14,17H,5-6,9-12H2,1-2H3,(H,28,34)(H,29,35)(H,30,36). The van der Waals surface area contributed by atoms with Crippen molar-refractivity contribution >= 4 is 35.1 Å². The Labute approximate surface area is 210 Å². The number of amides is 4. The maximum Gasteiger partial charge on any atom is 0.522 e. The van der Waals surface area contributed by atoms with Crippen molar-refractivity contribution < 1.29 is 46.3 Å². The van der Waals surface area contributed by atoms with Crippen LogP contribution in [0.1, 0.15) is 33.1 Å². The number of ketones is 1. The van der Waals surface area contributed by atoms with E-state index in [2.05, 4.69) is 15.4 Å². The van der Waals surface area contributed by atoms with Crippen LogP contribution >= 0.6 is 0 Å². The van der Waals surface area contributed by atoms with E-state index in [0.29, 0.717) is 19.4 Å². The molecule has 1 aliphatic rings. The van der Waals surface area contributed by atoms with Gasteiger partial charge in [-0.1, -0.05) is 12.1 Å². The van der Waals surface area contributed by atoms with E-state index >= 15 is 0 Å².